The lowest BCUT2D eigenvalue weighted by Gasteiger charge is -2.35. The van der Waals surface area contributed by atoms with Gasteiger partial charge in [0.1, 0.15) is 17.5 Å². The van der Waals surface area contributed by atoms with Gasteiger partial charge < -0.3 is 19.1 Å². The molecule has 7 heteroatoms. The lowest BCUT2D eigenvalue weighted by atomic mass is 10.2. The van der Waals surface area contributed by atoms with E-state index in [0.29, 0.717) is 18.8 Å². The third kappa shape index (κ3) is 3.31. The van der Waals surface area contributed by atoms with Crippen molar-refractivity contribution in [2.24, 2.45) is 0 Å². The van der Waals surface area contributed by atoms with E-state index in [0.717, 1.165) is 43.6 Å². The zero-order valence-electron chi connectivity index (χ0n) is 14.5. The summed E-state index contributed by atoms with van der Waals surface area (Å²) in [6, 6.07) is 5.54. The largest absolute Gasteiger partial charge is 0.459 e. The van der Waals surface area contributed by atoms with Crippen molar-refractivity contribution in [3.63, 3.8) is 0 Å². The highest BCUT2D eigenvalue weighted by Gasteiger charge is 2.25. The number of aryl methyl sites for hydroxylation is 1. The first-order valence-corrected chi connectivity index (χ1v) is 8.89. The Labute approximate surface area is 147 Å². The lowest BCUT2D eigenvalue weighted by Crippen LogP contribution is -2.49. The van der Waals surface area contributed by atoms with Crippen LogP contribution >= 0.6 is 0 Å². The molecule has 2 aromatic heterocycles. The van der Waals surface area contributed by atoms with E-state index in [1.165, 1.54) is 19.1 Å². The topological polar surface area (TPSA) is 65.7 Å². The fourth-order valence-electron chi connectivity index (χ4n) is 3.50. The Hall–Kier alpha value is -2.57. The van der Waals surface area contributed by atoms with Crippen LogP contribution in [0.25, 0.3) is 0 Å². The maximum atomic E-state index is 12.4. The van der Waals surface area contributed by atoms with Crippen LogP contribution in [-0.4, -0.2) is 60.0 Å². The number of hydrogen-bond donors (Lipinski definition) is 0. The SMILES string of the molecule is Cc1nc(N2CCCC2)cc(N2CCN(C(=O)c3ccco3)CC2)n1. The molecule has 4 heterocycles. The van der Waals surface area contributed by atoms with Gasteiger partial charge in [0.15, 0.2) is 5.76 Å². The zero-order chi connectivity index (χ0) is 17.2. The molecule has 0 aromatic carbocycles. The second-order valence-electron chi connectivity index (χ2n) is 6.58. The van der Waals surface area contributed by atoms with Crippen molar-refractivity contribution in [2.75, 3.05) is 49.1 Å². The van der Waals surface area contributed by atoms with Crippen LogP contribution in [0.5, 0.6) is 0 Å². The van der Waals surface area contributed by atoms with Crippen molar-refractivity contribution in [2.45, 2.75) is 19.8 Å². The van der Waals surface area contributed by atoms with Gasteiger partial charge in [-0.3, -0.25) is 4.79 Å². The molecular formula is C18H23N5O2. The summed E-state index contributed by atoms with van der Waals surface area (Å²) in [7, 11) is 0. The highest BCUT2D eigenvalue weighted by atomic mass is 16.3. The lowest BCUT2D eigenvalue weighted by molar-refractivity contribution is 0.0714. The van der Waals surface area contributed by atoms with Gasteiger partial charge in [0.25, 0.3) is 5.91 Å². The molecule has 0 aliphatic carbocycles. The van der Waals surface area contributed by atoms with Crippen molar-refractivity contribution >= 4 is 17.5 Å². The van der Waals surface area contributed by atoms with Crippen LogP contribution in [0.15, 0.2) is 28.9 Å². The standard InChI is InChI=1S/C18H23N5O2/c1-14-19-16(21-6-2-3-7-21)13-17(20-14)22-8-10-23(11-9-22)18(24)15-5-4-12-25-15/h4-5,12-13H,2-3,6-11H2,1H3. The maximum Gasteiger partial charge on any atom is 0.289 e. The molecule has 1 amide bonds. The molecule has 2 aliphatic rings. The van der Waals surface area contributed by atoms with E-state index in [-0.39, 0.29) is 5.91 Å². The minimum absolute atomic E-state index is 0.0405. The number of aromatic nitrogens is 2. The number of furan rings is 1. The Bertz CT molecular complexity index is 732. The van der Waals surface area contributed by atoms with Crippen molar-refractivity contribution in [1.82, 2.24) is 14.9 Å². The van der Waals surface area contributed by atoms with Gasteiger partial charge in [-0.25, -0.2) is 9.97 Å². The van der Waals surface area contributed by atoms with Crippen LogP contribution in [0.2, 0.25) is 0 Å². The second-order valence-corrected chi connectivity index (χ2v) is 6.58. The Morgan fingerprint density at radius 3 is 2.24 bits per heavy atom. The third-order valence-corrected chi connectivity index (χ3v) is 4.86. The number of carbonyl (C=O) groups is 1. The van der Waals surface area contributed by atoms with Crippen molar-refractivity contribution in [3.05, 3.63) is 36.0 Å². The number of anilines is 2. The number of nitrogens with zero attached hydrogens (tertiary/aromatic N) is 5. The van der Waals surface area contributed by atoms with E-state index < -0.39 is 0 Å². The number of rotatable bonds is 3. The van der Waals surface area contributed by atoms with E-state index in [2.05, 4.69) is 25.8 Å². The molecule has 2 fully saturated rings. The number of amides is 1. The molecule has 2 aliphatic heterocycles. The molecule has 0 bridgehead atoms. The van der Waals surface area contributed by atoms with Crippen LogP contribution in [0.3, 0.4) is 0 Å². The molecule has 2 aromatic rings. The predicted octanol–water partition coefficient (Wildman–Crippen LogP) is 1.94. The van der Waals surface area contributed by atoms with Crippen LogP contribution in [0.4, 0.5) is 11.6 Å². The molecule has 4 rings (SSSR count). The van der Waals surface area contributed by atoms with Gasteiger partial charge in [-0.2, -0.15) is 0 Å². The van der Waals surface area contributed by atoms with E-state index in [1.54, 1.807) is 12.1 Å². The Balaban J connectivity index is 1.44. The van der Waals surface area contributed by atoms with Crippen molar-refractivity contribution < 1.29 is 9.21 Å². The number of piperazine rings is 1. The summed E-state index contributed by atoms with van der Waals surface area (Å²) in [5.41, 5.74) is 0. The fourth-order valence-corrected chi connectivity index (χ4v) is 3.50. The van der Waals surface area contributed by atoms with Crippen LogP contribution in [-0.2, 0) is 0 Å². The van der Waals surface area contributed by atoms with Crippen LogP contribution in [0.1, 0.15) is 29.2 Å². The summed E-state index contributed by atoms with van der Waals surface area (Å²) in [5.74, 6) is 3.14. The first-order chi connectivity index (χ1) is 12.2. The predicted molar refractivity (Wildman–Crippen MR) is 95.0 cm³/mol. The second kappa shape index (κ2) is 6.74. The van der Waals surface area contributed by atoms with Crippen LogP contribution in [0, 0.1) is 6.92 Å². The zero-order valence-corrected chi connectivity index (χ0v) is 14.5. The third-order valence-electron chi connectivity index (χ3n) is 4.86. The van der Waals surface area contributed by atoms with Gasteiger partial charge in [-0.15, -0.1) is 0 Å². The van der Waals surface area contributed by atoms with Gasteiger partial charge in [-0.1, -0.05) is 0 Å². The van der Waals surface area contributed by atoms with Crippen molar-refractivity contribution in [3.8, 4) is 0 Å². The Morgan fingerprint density at radius 1 is 1.00 bits per heavy atom. The number of carbonyl (C=O) groups excluding carboxylic acids is 1. The highest BCUT2D eigenvalue weighted by Crippen LogP contribution is 2.23. The minimum atomic E-state index is -0.0405. The van der Waals surface area contributed by atoms with Crippen LogP contribution < -0.4 is 9.80 Å². The Kier molecular flexibility index (Phi) is 4.29. The normalized spacial score (nSPS) is 18.0. The molecule has 0 atom stereocenters. The minimum Gasteiger partial charge on any atom is -0.459 e. The number of hydrogen-bond acceptors (Lipinski definition) is 6. The summed E-state index contributed by atoms with van der Waals surface area (Å²) in [4.78, 5) is 28.0. The average Bonchev–Trinajstić information content (AvgIpc) is 3.34. The van der Waals surface area contributed by atoms with E-state index in [9.17, 15) is 4.79 Å². The first kappa shape index (κ1) is 15.9. The molecule has 0 radical (unpaired) electrons. The summed E-state index contributed by atoms with van der Waals surface area (Å²) in [6.07, 6.45) is 3.99. The molecule has 7 nitrogen and oxygen atoms in total. The monoisotopic (exact) mass is 341 g/mol. The van der Waals surface area contributed by atoms with Gasteiger partial charge >= 0.3 is 0 Å². The van der Waals surface area contributed by atoms with Gasteiger partial charge in [0.05, 0.1) is 6.26 Å². The Morgan fingerprint density at radius 2 is 1.64 bits per heavy atom. The van der Waals surface area contributed by atoms with Crippen molar-refractivity contribution in [1.29, 1.82) is 0 Å². The first-order valence-electron chi connectivity index (χ1n) is 8.89. The highest BCUT2D eigenvalue weighted by molar-refractivity contribution is 5.91. The maximum absolute atomic E-state index is 12.4. The van der Waals surface area contributed by atoms with Gasteiger partial charge in [0, 0.05) is 45.3 Å². The molecule has 25 heavy (non-hydrogen) atoms. The average molecular weight is 341 g/mol. The fraction of sp³-hybridized carbons (Fsp3) is 0.500. The molecule has 0 unspecified atom stereocenters. The molecule has 0 N–H and O–H groups in total. The quantitative estimate of drug-likeness (QED) is 0.850. The molecule has 132 valence electrons. The smallest absolute Gasteiger partial charge is 0.289 e. The molecule has 0 spiro atoms. The molecule has 0 saturated carbocycles. The van der Waals surface area contributed by atoms with E-state index in [1.807, 2.05) is 11.8 Å². The van der Waals surface area contributed by atoms with E-state index >= 15 is 0 Å². The summed E-state index contributed by atoms with van der Waals surface area (Å²) in [6.45, 7) is 6.95. The van der Waals surface area contributed by atoms with E-state index in [4.69, 9.17) is 4.42 Å². The van der Waals surface area contributed by atoms with Gasteiger partial charge in [0.2, 0.25) is 0 Å². The summed E-state index contributed by atoms with van der Waals surface area (Å²) < 4.78 is 5.22. The molecule has 2 saturated heterocycles. The summed E-state index contributed by atoms with van der Waals surface area (Å²) >= 11 is 0. The summed E-state index contributed by atoms with van der Waals surface area (Å²) in [5, 5.41) is 0. The molecular weight excluding hydrogens is 318 g/mol. The van der Waals surface area contributed by atoms with Gasteiger partial charge in [-0.05, 0) is 31.9 Å².